The molecule has 1 aliphatic heterocycles. The van der Waals surface area contributed by atoms with Gasteiger partial charge in [-0.3, -0.25) is 4.79 Å². The Kier molecular flexibility index (Phi) is 6.20. The molecule has 1 heterocycles. The maximum atomic E-state index is 12.2. The van der Waals surface area contributed by atoms with Crippen molar-refractivity contribution in [1.82, 2.24) is 5.32 Å². The Balaban J connectivity index is 1.83. The van der Waals surface area contributed by atoms with E-state index in [2.05, 4.69) is 5.32 Å². The normalized spacial score (nSPS) is 19.8. The summed E-state index contributed by atoms with van der Waals surface area (Å²) in [6, 6.07) is 7.59. The van der Waals surface area contributed by atoms with E-state index in [0.717, 1.165) is 30.8 Å². The monoisotopic (exact) mass is 313 g/mol. The molecule has 1 N–H and O–H groups in total. The van der Waals surface area contributed by atoms with Crippen LogP contribution < -0.4 is 5.32 Å². The second-order valence-electron chi connectivity index (χ2n) is 4.85. The Morgan fingerprint density at radius 3 is 2.85 bits per heavy atom. The predicted molar refractivity (Wildman–Crippen MR) is 83.4 cm³/mol. The minimum Gasteiger partial charge on any atom is -0.376 e. The van der Waals surface area contributed by atoms with Gasteiger partial charge in [-0.05, 0) is 43.5 Å². The minimum atomic E-state index is -0.0717. The zero-order chi connectivity index (χ0) is 14.4. The van der Waals surface area contributed by atoms with E-state index in [-0.39, 0.29) is 17.3 Å². The SMILES string of the molecule is CC[C@H](Sc1ccc(Cl)cc1)C(=O)NC[C@H]1CCCO1. The molecule has 110 valence electrons. The fraction of sp³-hybridized carbons (Fsp3) is 0.533. The van der Waals surface area contributed by atoms with Gasteiger partial charge >= 0.3 is 0 Å². The summed E-state index contributed by atoms with van der Waals surface area (Å²) < 4.78 is 5.51. The molecule has 2 rings (SSSR count). The van der Waals surface area contributed by atoms with Gasteiger partial charge in [0.05, 0.1) is 11.4 Å². The highest BCUT2D eigenvalue weighted by Crippen LogP contribution is 2.26. The van der Waals surface area contributed by atoms with Gasteiger partial charge in [0.25, 0.3) is 0 Å². The summed E-state index contributed by atoms with van der Waals surface area (Å²) in [5.41, 5.74) is 0. The van der Waals surface area contributed by atoms with Gasteiger partial charge < -0.3 is 10.1 Å². The average Bonchev–Trinajstić information content (AvgIpc) is 2.97. The van der Waals surface area contributed by atoms with E-state index in [1.165, 1.54) is 0 Å². The summed E-state index contributed by atoms with van der Waals surface area (Å²) >= 11 is 7.44. The molecule has 0 bridgehead atoms. The number of halogens is 1. The van der Waals surface area contributed by atoms with Crippen molar-refractivity contribution >= 4 is 29.3 Å². The average molecular weight is 314 g/mol. The van der Waals surface area contributed by atoms with Gasteiger partial charge in [-0.15, -0.1) is 11.8 Å². The van der Waals surface area contributed by atoms with Gasteiger partial charge in [-0.2, -0.15) is 0 Å². The fourth-order valence-corrected chi connectivity index (χ4v) is 3.24. The van der Waals surface area contributed by atoms with Crippen molar-refractivity contribution in [3.05, 3.63) is 29.3 Å². The summed E-state index contributed by atoms with van der Waals surface area (Å²) in [7, 11) is 0. The third-order valence-corrected chi connectivity index (χ3v) is 4.91. The van der Waals surface area contributed by atoms with Crippen LogP contribution in [0.15, 0.2) is 29.2 Å². The molecule has 1 amide bonds. The Morgan fingerprint density at radius 1 is 1.50 bits per heavy atom. The van der Waals surface area contributed by atoms with Crippen molar-refractivity contribution in [2.45, 2.75) is 42.4 Å². The van der Waals surface area contributed by atoms with E-state index in [4.69, 9.17) is 16.3 Å². The van der Waals surface area contributed by atoms with Gasteiger partial charge in [0.2, 0.25) is 5.91 Å². The fourth-order valence-electron chi connectivity index (χ4n) is 2.13. The number of hydrogen-bond donors (Lipinski definition) is 1. The molecule has 1 aromatic carbocycles. The van der Waals surface area contributed by atoms with Gasteiger partial charge in [0, 0.05) is 23.1 Å². The molecule has 0 radical (unpaired) electrons. The number of hydrogen-bond acceptors (Lipinski definition) is 3. The highest BCUT2D eigenvalue weighted by Gasteiger charge is 2.21. The molecule has 2 atom stereocenters. The van der Waals surface area contributed by atoms with E-state index in [9.17, 15) is 4.79 Å². The van der Waals surface area contributed by atoms with Crippen LogP contribution in [0.2, 0.25) is 5.02 Å². The molecule has 3 nitrogen and oxygen atoms in total. The van der Waals surface area contributed by atoms with E-state index in [1.807, 2.05) is 31.2 Å². The van der Waals surface area contributed by atoms with Crippen molar-refractivity contribution < 1.29 is 9.53 Å². The topological polar surface area (TPSA) is 38.3 Å². The molecule has 0 unspecified atom stereocenters. The Labute approximate surface area is 129 Å². The third-order valence-electron chi connectivity index (χ3n) is 3.28. The second kappa shape index (κ2) is 7.91. The molecule has 1 saturated heterocycles. The van der Waals surface area contributed by atoms with E-state index < -0.39 is 0 Å². The first-order chi connectivity index (χ1) is 9.69. The minimum absolute atomic E-state index is 0.0717. The van der Waals surface area contributed by atoms with Crippen molar-refractivity contribution in [3.8, 4) is 0 Å². The van der Waals surface area contributed by atoms with Crippen LogP contribution in [0.1, 0.15) is 26.2 Å². The highest BCUT2D eigenvalue weighted by atomic mass is 35.5. The van der Waals surface area contributed by atoms with Gasteiger partial charge in [0.1, 0.15) is 0 Å². The van der Waals surface area contributed by atoms with Crippen molar-refractivity contribution in [2.75, 3.05) is 13.2 Å². The smallest absolute Gasteiger partial charge is 0.233 e. The van der Waals surface area contributed by atoms with Gasteiger partial charge in [-0.1, -0.05) is 18.5 Å². The second-order valence-corrected chi connectivity index (χ2v) is 6.56. The van der Waals surface area contributed by atoms with E-state index in [1.54, 1.807) is 11.8 Å². The number of benzene rings is 1. The van der Waals surface area contributed by atoms with Crippen LogP contribution in [0.3, 0.4) is 0 Å². The number of thioether (sulfide) groups is 1. The van der Waals surface area contributed by atoms with Crippen LogP contribution in [0, 0.1) is 0 Å². The summed E-state index contributed by atoms with van der Waals surface area (Å²) in [6.07, 6.45) is 3.13. The first kappa shape index (κ1) is 15.7. The number of ether oxygens (including phenoxy) is 1. The molecule has 20 heavy (non-hydrogen) atoms. The summed E-state index contributed by atoms with van der Waals surface area (Å²) in [5.74, 6) is 0.0861. The Bertz CT molecular complexity index is 432. The number of amides is 1. The number of carbonyl (C=O) groups excluding carboxylic acids is 1. The van der Waals surface area contributed by atoms with Gasteiger partial charge in [0.15, 0.2) is 0 Å². The lowest BCUT2D eigenvalue weighted by molar-refractivity contribution is -0.121. The quantitative estimate of drug-likeness (QED) is 0.817. The first-order valence-electron chi connectivity index (χ1n) is 7.00. The van der Waals surface area contributed by atoms with Crippen LogP contribution in [0.25, 0.3) is 0 Å². The summed E-state index contributed by atoms with van der Waals surface area (Å²) in [4.78, 5) is 13.3. The number of rotatable bonds is 6. The van der Waals surface area contributed by atoms with Crippen molar-refractivity contribution in [2.24, 2.45) is 0 Å². The Hall–Kier alpha value is -0.710. The van der Waals surface area contributed by atoms with E-state index in [0.29, 0.717) is 11.6 Å². The molecule has 0 saturated carbocycles. The number of nitrogens with one attached hydrogen (secondary N) is 1. The molecule has 1 fully saturated rings. The molecule has 1 aromatic rings. The lowest BCUT2D eigenvalue weighted by Crippen LogP contribution is -2.37. The lowest BCUT2D eigenvalue weighted by Gasteiger charge is -2.16. The van der Waals surface area contributed by atoms with Crippen molar-refractivity contribution in [3.63, 3.8) is 0 Å². The predicted octanol–water partition coefficient (Wildman–Crippen LogP) is 3.51. The standard InChI is InChI=1S/C15H20ClNO2S/c1-2-14(20-13-7-5-11(16)6-8-13)15(18)17-10-12-4-3-9-19-12/h5-8,12,14H,2-4,9-10H2,1H3,(H,17,18)/t12-,14+/m1/s1. The Morgan fingerprint density at radius 2 is 2.25 bits per heavy atom. The van der Waals surface area contributed by atoms with Crippen LogP contribution in [-0.2, 0) is 9.53 Å². The van der Waals surface area contributed by atoms with Crippen molar-refractivity contribution in [1.29, 1.82) is 0 Å². The van der Waals surface area contributed by atoms with Crippen LogP contribution in [0.4, 0.5) is 0 Å². The van der Waals surface area contributed by atoms with Crippen LogP contribution in [-0.4, -0.2) is 30.4 Å². The largest absolute Gasteiger partial charge is 0.376 e. The molecule has 1 aliphatic rings. The maximum Gasteiger partial charge on any atom is 0.233 e. The molecule has 5 heteroatoms. The summed E-state index contributed by atoms with van der Waals surface area (Å²) in [6.45, 7) is 3.47. The lowest BCUT2D eigenvalue weighted by atomic mass is 10.2. The molecule has 0 aromatic heterocycles. The molecule has 0 aliphatic carbocycles. The summed E-state index contributed by atoms with van der Waals surface area (Å²) in [5, 5.41) is 3.64. The zero-order valence-corrected chi connectivity index (χ0v) is 13.2. The molecular weight excluding hydrogens is 294 g/mol. The highest BCUT2D eigenvalue weighted by molar-refractivity contribution is 8.00. The van der Waals surface area contributed by atoms with Gasteiger partial charge in [-0.25, -0.2) is 0 Å². The zero-order valence-electron chi connectivity index (χ0n) is 11.6. The maximum absolute atomic E-state index is 12.2. The number of carbonyl (C=O) groups is 1. The molecule has 0 spiro atoms. The van der Waals surface area contributed by atoms with Crippen LogP contribution >= 0.6 is 23.4 Å². The molecular formula is C15H20ClNO2S. The van der Waals surface area contributed by atoms with Crippen LogP contribution in [0.5, 0.6) is 0 Å². The first-order valence-corrected chi connectivity index (χ1v) is 8.26. The van der Waals surface area contributed by atoms with E-state index >= 15 is 0 Å². The third kappa shape index (κ3) is 4.69.